The number of carbonyl (C=O) groups excluding carboxylic acids is 2. The zero-order chi connectivity index (χ0) is 26.4. The van der Waals surface area contributed by atoms with Crippen LogP contribution in [-0.4, -0.2) is 68.8 Å². The standard InChI is InChI=1S/C22H21ClN4O8S/c1-22(19(21(32)33)27-15(29)8-16(27)36(22,34)35)10-25-26-20(31)12-4-2-11(3-5-12)9-24-13-6-7-14(28)18(30)17(13)23/h2-7,10,16,19,24,28,30H,8-9H2,1H3,(H,26,31)(H,32,33)/b25-10+/t16-,19+,22+/m1/s1. The molecule has 2 saturated heterocycles. The van der Waals surface area contributed by atoms with Crippen LogP contribution < -0.4 is 10.7 Å². The number of fused-ring (bicyclic) bond motifs is 1. The lowest BCUT2D eigenvalue weighted by atomic mass is 9.97. The molecular formula is C22H21ClN4O8S. The van der Waals surface area contributed by atoms with Gasteiger partial charge in [-0.2, -0.15) is 5.10 Å². The molecule has 3 atom stereocenters. The van der Waals surface area contributed by atoms with Gasteiger partial charge in [-0.05, 0) is 36.8 Å². The molecular weight excluding hydrogens is 516 g/mol. The summed E-state index contributed by atoms with van der Waals surface area (Å²) < 4.78 is 23.7. The lowest BCUT2D eigenvalue weighted by Crippen LogP contribution is -2.57. The molecule has 2 aliphatic heterocycles. The Kier molecular flexibility index (Phi) is 6.31. The van der Waals surface area contributed by atoms with Crippen LogP contribution in [0.25, 0.3) is 0 Å². The van der Waals surface area contributed by atoms with Gasteiger partial charge in [0.15, 0.2) is 27.4 Å². The summed E-state index contributed by atoms with van der Waals surface area (Å²) in [5.41, 5.74) is 3.53. The minimum absolute atomic E-state index is 0.0406. The van der Waals surface area contributed by atoms with Crippen molar-refractivity contribution in [3.63, 3.8) is 0 Å². The summed E-state index contributed by atoms with van der Waals surface area (Å²) in [6.45, 7) is 1.44. The Morgan fingerprint density at radius 3 is 2.50 bits per heavy atom. The first-order valence-electron chi connectivity index (χ1n) is 10.5. The van der Waals surface area contributed by atoms with E-state index < -0.39 is 49.5 Å². The predicted octanol–water partition coefficient (Wildman–Crippen LogP) is 1.28. The second-order valence-corrected chi connectivity index (χ2v) is 11.4. The third-order valence-corrected chi connectivity index (χ3v) is 9.30. The normalized spacial score (nSPS) is 24.3. The molecule has 0 spiro atoms. The number of nitrogens with zero attached hydrogens (tertiary/aromatic N) is 2. The number of hydrogen-bond donors (Lipinski definition) is 5. The number of carbonyl (C=O) groups is 3. The average molecular weight is 537 g/mol. The minimum atomic E-state index is -4.08. The molecule has 0 saturated carbocycles. The van der Waals surface area contributed by atoms with Gasteiger partial charge in [0, 0.05) is 18.3 Å². The smallest absolute Gasteiger partial charge is 0.328 e. The van der Waals surface area contributed by atoms with E-state index in [9.17, 15) is 38.1 Å². The number of β-lactam (4-membered cyclic amide) rings is 1. The summed E-state index contributed by atoms with van der Waals surface area (Å²) in [5, 5.41) is 34.1. The number of amides is 2. The Labute approximate surface area is 210 Å². The van der Waals surface area contributed by atoms with E-state index in [0.717, 1.165) is 23.6 Å². The lowest BCUT2D eigenvalue weighted by molar-refractivity contribution is -0.156. The van der Waals surface area contributed by atoms with Gasteiger partial charge in [-0.3, -0.25) is 9.59 Å². The number of phenols is 2. The quantitative estimate of drug-likeness (QED) is 0.114. The maximum atomic E-state index is 12.8. The molecule has 14 heteroatoms. The molecule has 12 nitrogen and oxygen atoms in total. The van der Waals surface area contributed by atoms with Crippen LogP contribution in [0.5, 0.6) is 11.5 Å². The highest BCUT2D eigenvalue weighted by Gasteiger charge is 2.69. The van der Waals surface area contributed by atoms with Gasteiger partial charge in [-0.1, -0.05) is 23.7 Å². The topological polar surface area (TPSA) is 186 Å². The average Bonchev–Trinajstić information content (AvgIpc) is 2.97. The second-order valence-electron chi connectivity index (χ2n) is 8.47. The van der Waals surface area contributed by atoms with Gasteiger partial charge in [0.1, 0.15) is 15.1 Å². The highest BCUT2D eigenvalue weighted by Crippen LogP contribution is 2.45. The van der Waals surface area contributed by atoms with Crippen molar-refractivity contribution in [3.05, 3.63) is 52.5 Å². The fourth-order valence-electron chi connectivity index (χ4n) is 4.15. The van der Waals surface area contributed by atoms with Crippen molar-refractivity contribution >= 4 is 51.1 Å². The number of carboxylic acids is 1. The molecule has 2 aromatic carbocycles. The molecule has 190 valence electrons. The fourth-order valence-corrected chi connectivity index (χ4v) is 6.59. The molecule has 4 rings (SSSR count). The molecule has 0 aliphatic carbocycles. The van der Waals surface area contributed by atoms with Gasteiger partial charge in [0.05, 0.1) is 12.1 Å². The van der Waals surface area contributed by atoms with E-state index in [2.05, 4.69) is 15.8 Å². The monoisotopic (exact) mass is 536 g/mol. The third kappa shape index (κ3) is 3.99. The van der Waals surface area contributed by atoms with Crippen LogP contribution in [0.2, 0.25) is 5.02 Å². The summed E-state index contributed by atoms with van der Waals surface area (Å²) in [6, 6.07) is 7.40. The first-order chi connectivity index (χ1) is 16.9. The second kappa shape index (κ2) is 8.99. The van der Waals surface area contributed by atoms with Crippen LogP contribution in [0.3, 0.4) is 0 Å². The van der Waals surface area contributed by atoms with Crippen molar-refractivity contribution in [2.75, 3.05) is 5.32 Å². The molecule has 0 radical (unpaired) electrons. The molecule has 2 amide bonds. The number of hydrogen-bond acceptors (Lipinski definition) is 9. The molecule has 2 aliphatic rings. The summed E-state index contributed by atoms with van der Waals surface area (Å²) in [6.07, 6.45) is 0.558. The number of anilines is 1. The van der Waals surface area contributed by atoms with Crippen molar-refractivity contribution in [1.82, 2.24) is 10.3 Å². The number of aliphatic carboxylic acids is 1. The molecule has 36 heavy (non-hydrogen) atoms. The summed E-state index contributed by atoms with van der Waals surface area (Å²) in [7, 11) is -4.08. The third-order valence-electron chi connectivity index (χ3n) is 6.25. The largest absolute Gasteiger partial charge is 0.504 e. The van der Waals surface area contributed by atoms with Gasteiger partial charge in [-0.25, -0.2) is 18.6 Å². The number of sulfone groups is 1. The Balaban J connectivity index is 1.41. The molecule has 2 aromatic rings. The number of rotatable bonds is 7. The van der Waals surface area contributed by atoms with Crippen LogP contribution in [0, 0.1) is 0 Å². The van der Waals surface area contributed by atoms with Gasteiger partial charge in [-0.15, -0.1) is 0 Å². The number of carboxylic acid groups (broad SMARTS) is 1. The molecule has 5 N–H and O–H groups in total. The first-order valence-corrected chi connectivity index (χ1v) is 12.5. The maximum Gasteiger partial charge on any atom is 0.328 e. The van der Waals surface area contributed by atoms with E-state index in [1.807, 2.05) is 0 Å². The Morgan fingerprint density at radius 1 is 1.22 bits per heavy atom. The maximum absolute atomic E-state index is 12.8. The Bertz CT molecular complexity index is 1400. The fraction of sp³-hybridized carbons (Fsp3) is 0.273. The van der Waals surface area contributed by atoms with Gasteiger partial charge < -0.3 is 25.5 Å². The van der Waals surface area contributed by atoms with Gasteiger partial charge in [0.25, 0.3) is 5.91 Å². The Morgan fingerprint density at radius 2 is 1.89 bits per heavy atom. The SMILES string of the molecule is C[C@]1(/C=N/NC(=O)c2ccc(CNc3ccc(O)c(O)c3Cl)cc2)[C@H](C(=O)O)N2C(=O)C[C@H]2S1(=O)=O. The summed E-state index contributed by atoms with van der Waals surface area (Å²) in [4.78, 5) is 36.8. The van der Waals surface area contributed by atoms with E-state index in [1.165, 1.54) is 24.3 Å². The number of halogens is 1. The molecule has 0 bridgehead atoms. The number of aromatic hydroxyl groups is 2. The summed E-state index contributed by atoms with van der Waals surface area (Å²) in [5.74, 6) is -3.51. The molecule has 0 unspecified atom stereocenters. The first kappa shape index (κ1) is 25.3. The lowest BCUT2D eigenvalue weighted by Gasteiger charge is -2.35. The van der Waals surface area contributed by atoms with Crippen LogP contribution >= 0.6 is 11.6 Å². The Hall–Kier alpha value is -3.84. The minimum Gasteiger partial charge on any atom is -0.504 e. The van der Waals surface area contributed by atoms with Gasteiger partial charge in [0.2, 0.25) is 5.91 Å². The van der Waals surface area contributed by atoms with E-state index >= 15 is 0 Å². The van der Waals surface area contributed by atoms with Crippen molar-refractivity contribution in [3.8, 4) is 11.5 Å². The van der Waals surface area contributed by atoms with E-state index in [0.29, 0.717) is 5.69 Å². The van der Waals surface area contributed by atoms with E-state index in [4.69, 9.17) is 11.6 Å². The number of hydrazone groups is 1. The molecule has 2 fully saturated rings. The van der Waals surface area contributed by atoms with Crippen molar-refractivity contribution in [2.45, 2.75) is 36.1 Å². The van der Waals surface area contributed by atoms with Crippen LogP contribution in [0.4, 0.5) is 5.69 Å². The van der Waals surface area contributed by atoms with Crippen molar-refractivity contribution in [1.29, 1.82) is 0 Å². The molecule has 0 aromatic heterocycles. The van der Waals surface area contributed by atoms with Crippen LogP contribution in [-0.2, 0) is 26.0 Å². The zero-order valence-corrected chi connectivity index (χ0v) is 20.2. The van der Waals surface area contributed by atoms with Crippen LogP contribution in [0.15, 0.2) is 41.5 Å². The highest BCUT2D eigenvalue weighted by atomic mass is 35.5. The van der Waals surface area contributed by atoms with Gasteiger partial charge >= 0.3 is 5.97 Å². The number of phenolic OH excluding ortho intramolecular Hbond substituents is 2. The van der Waals surface area contributed by atoms with Crippen molar-refractivity contribution in [2.24, 2.45) is 5.10 Å². The number of nitrogens with one attached hydrogen (secondary N) is 2. The van der Waals surface area contributed by atoms with E-state index in [-0.39, 0.29) is 29.3 Å². The van der Waals surface area contributed by atoms with E-state index in [1.54, 1.807) is 12.1 Å². The molecule has 2 heterocycles. The predicted molar refractivity (Wildman–Crippen MR) is 129 cm³/mol. The highest BCUT2D eigenvalue weighted by molar-refractivity contribution is 7.94. The number of benzene rings is 2. The van der Waals surface area contributed by atoms with Crippen LogP contribution in [0.1, 0.15) is 29.3 Å². The summed E-state index contributed by atoms with van der Waals surface area (Å²) >= 11 is 5.98. The van der Waals surface area contributed by atoms with Crippen molar-refractivity contribution < 1.29 is 38.1 Å². The zero-order valence-electron chi connectivity index (χ0n) is 18.7.